The summed E-state index contributed by atoms with van der Waals surface area (Å²) in [6.07, 6.45) is -0.473. The summed E-state index contributed by atoms with van der Waals surface area (Å²) in [5.74, 6) is -0.654. The van der Waals surface area contributed by atoms with Crippen LogP contribution < -0.4 is 10.1 Å². The van der Waals surface area contributed by atoms with Crippen LogP contribution in [0, 0.1) is 5.82 Å². The molecule has 0 spiro atoms. The van der Waals surface area contributed by atoms with E-state index in [2.05, 4.69) is 5.32 Å². The molecule has 0 saturated heterocycles. The number of nitrogens with zero attached hydrogens (tertiary/aromatic N) is 1. The highest BCUT2D eigenvalue weighted by Crippen LogP contribution is 2.45. The summed E-state index contributed by atoms with van der Waals surface area (Å²) in [6.45, 7) is 0.510. The molecule has 0 unspecified atom stereocenters. The molecule has 0 bridgehead atoms. The summed E-state index contributed by atoms with van der Waals surface area (Å²) in [7, 11) is -3.84. The number of carbonyl (C=O) groups is 1. The zero-order chi connectivity index (χ0) is 33.4. The number of aliphatic hydroxyl groups is 1. The smallest absolute Gasteiger partial charge is 0.252 e. The Bertz CT molecular complexity index is 1820. The van der Waals surface area contributed by atoms with Gasteiger partial charge in [-0.05, 0) is 72.6 Å². The maximum atomic E-state index is 14.3. The number of aliphatic imine (C=N–C) groups is 1. The molecule has 5 rings (SSSR count). The van der Waals surface area contributed by atoms with Crippen LogP contribution in [0.15, 0.2) is 107 Å². The molecule has 12 heteroatoms. The molecule has 47 heavy (non-hydrogen) atoms. The molecule has 1 amide bonds. The molecule has 0 aliphatic carbocycles. The van der Waals surface area contributed by atoms with Crippen LogP contribution in [-0.2, 0) is 25.8 Å². The highest BCUT2D eigenvalue weighted by molar-refractivity contribution is 7.91. The van der Waals surface area contributed by atoms with Gasteiger partial charge in [0.25, 0.3) is 5.91 Å². The van der Waals surface area contributed by atoms with E-state index < -0.39 is 33.1 Å². The number of aliphatic hydroxyl groups excluding tert-OH is 1. The van der Waals surface area contributed by atoms with Crippen molar-refractivity contribution in [1.29, 1.82) is 0 Å². The van der Waals surface area contributed by atoms with Gasteiger partial charge in [0.05, 0.1) is 17.3 Å². The summed E-state index contributed by atoms with van der Waals surface area (Å²) in [5, 5.41) is 12.6. The van der Waals surface area contributed by atoms with E-state index in [4.69, 9.17) is 42.8 Å². The zero-order valence-corrected chi connectivity index (χ0v) is 27.6. The van der Waals surface area contributed by atoms with Crippen molar-refractivity contribution < 1.29 is 32.2 Å². The van der Waals surface area contributed by atoms with Crippen LogP contribution in [0.3, 0.4) is 0 Å². The zero-order valence-electron chi connectivity index (χ0n) is 25.2. The Morgan fingerprint density at radius 2 is 1.72 bits per heavy atom. The fraction of sp³-hybridized carbons (Fsp3) is 0.257. The molecule has 4 aromatic carbocycles. The largest absolute Gasteiger partial charge is 0.494 e. The Labute approximate surface area is 283 Å². The number of benzene rings is 4. The van der Waals surface area contributed by atoms with Gasteiger partial charge in [-0.25, -0.2) is 17.8 Å². The highest BCUT2D eigenvalue weighted by atomic mass is 35.5. The Balaban J connectivity index is 1.53. The first-order valence-electron chi connectivity index (χ1n) is 15.0. The van der Waals surface area contributed by atoms with Crippen LogP contribution in [0.2, 0.25) is 10.0 Å². The fourth-order valence-corrected chi connectivity index (χ4v) is 7.12. The average molecular weight is 700 g/mol. The molecule has 2 N–H and O–H groups in total. The summed E-state index contributed by atoms with van der Waals surface area (Å²) in [5.41, 5.74) is -0.0165. The molecule has 1 aliphatic rings. The van der Waals surface area contributed by atoms with Crippen molar-refractivity contribution in [2.45, 2.75) is 35.8 Å². The van der Waals surface area contributed by atoms with Crippen LogP contribution in [0.1, 0.15) is 35.6 Å². The van der Waals surface area contributed by atoms with Gasteiger partial charge in [0, 0.05) is 47.2 Å². The number of nitrogens with one attached hydrogen (secondary N) is 1. The van der Waals surface area contributed by atoms with Gasteiger partial charge in [-0.1, -0.05) is 59.6 Å². The number of carbonyl (C=O) groups excluding carboxylic acids is 1. The second-order valence-corrected chi connectivity index (χ2v) is 13.9. The third-order valence-corrected chi connectivity index (χ3v) is 10.0. The Kier molecular flexibility index (Phi) is 11.2. The minimum Gasteiger partial charge on any atom is -0.494 e. The van der Waals surface area contributed by atoms with Gasteiger partial charge in [-0.2, -0.15) is 0 Å². The van der Waals surface area contributed by atoms with Gasteiger partial charge in [0.15, 0.2) is 21.5 Å². The van der Waals surface area contributed by atoms with Crippen molar-refractivity contribution in [3.8, 4) is 5.75 Å². The van der Waals surface area contributed by atoms with Crippen LogP contribution in [0.25, 0.3) is 0 Å². The quantitative estimate of drug-likeness (QED) is 0.148. The highest BCUT2D eigenvalue weighted by Gasteiger charge is 2.54. The molecule has 0 fully saturated rings. The SMILES string of the molecule is O=C(NCCc1ccc(F)cc1)[C@]1(CCS(=O)(=O)c2ccccc2)N=C(c2ccc(OCCCO)cc2)O[C@@H]1c1ccc(Cl)cc1Cl. The maximum Gasteiger partial charge on any atom is 0.252 e. The molecular formula is C35H33Cl2FN2O6S. The standard InChI is InChI=1S/C35H33Cl2FN2O6S/c36-26-11-16-30(31(37)23-26)32-35(18-22-47(43,44)29-5-2-1-3-6-29,34(42)39-19-17-24-7-12-27(38)13-8-24)40-33(46-32)25-9-14-28(15-10-25)45-21-4-20-41/h1-3,5-16,23,32,41H,4,17-22H2,(H,39,42)/t32-,35-/m1/s1. The van der Waals surface area contributed by atoms with E-state index in [1.54, 1.807) is 66.7 Å². The van der Waals surface area contributed by atoms with Crippen molar-refractivity contribution in [3.63, 3.8) is 0 Å². The number of rotatable bonds is 14. The predicted octanol–water partition coefficient (Wildman–Crippen LogP) is 6.37. The lowest BCUT2D eigenvalue weighted by Crippen LogP contribution is -2.49. The van der Waals surface area contributed by atoms with Crippen LogP contribution >= 0.6 is 23.2 Å². The third kappa shape index (κ3) is 8.31. The topological polar surface area (TPSA) is 114 Å². The monoisotopic (exact) mass is 698 g/mol. The van der Waals surface area contributed by atoms with E-state index in [1.165, 1.54) is 30.3 Å². The minimum atomic E-state index is -3.84. The normalized spacial score (nSPS) is 17.5. The predicted molar refractivity (Wildman–Crippen MR) is 179 cm³/mol. The maximum absolute atomic E-state index is 14.3. The van der Waals surface area contributed by atoms with Crippen molar-refractivity contribution in [1.82, 2.24) is 5.32 Å². The third-order valence-electron chi connectivity index (χ3n) is 7.74. The number of hydrogen-bond acceptors (Lipinski definition) is 7. The van der Waals surface area contributed by atoms with Gasteiger partial charge < -0.3 is 19.9 Å². The lowest BCUT2D eigenvalue weighted by molar-refractivity contribution is -0.129. The number of sulfone groups is 1. The second-order valence-electron chi connectivity index (χ2n) is 11.0. The summed E-state index contributed by atoms with van der Waals surface area (Å²) < 4.78 is 52.5. The van der Waals surface area contributed by atoms with Crippen LogP contribution in [0.5, 0.6) is 5.75 Å². The Hall–Kier alpha value is -3.96. The van der Waals surface area contributed by atoms with Gasteiger partial charge in [-0.15, -0.1) is 0 Å². The number of halogens is 3. The number of amides is 1. The van der Waals surface area contributed by atoms with Crippen molar-refractivity contribution in [2.75, 3.05) is 25.5 Å². The van der Waals surface area contributed by atoms with Crippen molar-refractivity contribution in [2.24, 2.45) is 4.99 Å². The average Bonchev–Trinajstić information content (AvgIpc) is 3.46. The van der Waals surface area contributed by atoms with E-state index in [9.17, 15) is 17.6 Å². The summed E-state index contributed by atoms with van der Waals surface area (Å²) >= 11 is 12.9. The first kappa shape index (κ1) is 34.4. The first-order chi connectivity index (χ1) is 22.6. The van der Waals surface area contributed by atoms with E-state index in [0.717, 1.165) is 5.56 Å². The molecule has 1 aliphatic heterocycles. The van der Waals surface area contributed by atoms with Crippen molar-refractivity contribution in [3.05, 3.63) is 130 Å². The molecule has 246 valence electrons. The number of ether oxygens (including phenoxy) is 2. The molecule has 0 aromatic heterocycles. The lowest BCUT2D eigenvalue weighted by Gasteiger charge is -2.31. The molecular weight excluding hydrogens is 666 g/mol. The van der Waals surface area contributed by atoms with Gasteiger partial charge in [0.1, 0.15) is 11.6 Å². The van der Waals surface area contributed by atoms with E-state index in [1.807, 2.05) is 0 Å². The van der Waals surface area contributed by atoms with E-state index in [-0.39, 0.29) is 41.2 Å². The fourth-order valence-electron chi connectivity index (χ4n) is 5.22. The van der Waals surface area contributed by atoms with Gasteiger partial charge in [0.2, 0.25) is 5.90 Å². The van der Waals surface area contributed by atoms with Crippen LogP contribution in [-0.4, -0.2) is 56.4 Å². The van der Waals surface area contributed by atoms with Crippen molar-refractivity contribution >= 4 is 44.8 Å². The molecule has 0 radical (unpaired) electrons. The summed E-state index contributed by atoms with van der Waals surface area (Å²) in [4.78, 5) is 19.3. The molecule has 0 saturated carbocycles. The van der Waals surface area contributed by atoms with Gasteiger partial charge in [-0.3, -0.25) is 4.79 Å². The van der Waals surface area contributed by atoms with E-state index >= 15 is 0 Å². The first-order valence-corrected chi connectivity index (χ1v) is 17.4. The van der Waals surface area contributed by atoms with Gasteiger partial charge >= 0.3 is 0 Å². The number of hydrogen-bond donors (Lipinski definition) is 2. The Morgan fingerprint density at radius 3 is 2.40 bits per heavy atom. The molecule has 8 nitrogen and oxygen atoms in total. The minimum absolute atomic E-state index is 0.00537. The second kappa shape index (κ2) is 15.3. The molecule has 1 heterocycles. The van der Waals surface area contributed by atoms with Crippen LogP contribution in [0.4, 0.5) is 4.39 Å². The molecule has 4 aromatic rings. The lowest BCUT2D eigenvalue weighted by atomic mass is 9.85. The summed E-state index contributed by atoms with van der Waals surface area (Å²) in [6, 6.07) is 25.6. The Morgan fingerprint density at radius 1 is 1.00 bits per heavy atom. The van der Waals surface area contributed by atoms with E-state index in [0.29, 0.717) is 41.3 Å². The molecule has 2 atom stereocenters.